The topological polar surface area (TPSA) is 69.6 Å². The summed E-state index contributed by atoms with van der Waals surface area (Å²) in [5.41, 5.74) is 7.28. The molecule has 0 atom stereocenters. The van der Waals surface area contributed by atoms with Crippen LogP contribution in [0.2, 0.25) is 5.02 Å². The summed E-state index contributed by atoms with van der Waals surface area (Å²) in [6.07, 6.45) is 3.83. The van der Waals surface area contributed by atoms with E-state index in [1.807, 2.05) is 16.8 Å². The summed E-state index contributed by atoms with van der Waals surface area (Å²) in [5.74, 6) is 1.43. The van der Waals surface area contributed by atoms with Crippen molar-refractivity contribution in [2.24, 2.45) is 5.92 Å². The summed E-state index contributed by atoms with van der Waals surface area (Å²) < 4.78 is 1.84. The van der Waals surface area contributed by atoms with Crippen molar-refractivity contribution in [2.45, 2.75) is 25.8 Å². The lowest BCUT2D eigenvalue weighted by atomic mass is 9.85. The predicted octanol–water partition coefficient (Wildman–Crippen LogP) is 2.38. The third kappa shape index (κ3) is 2.18. The molecule has 2 aromatic rings. The van der Waals surface area contributed by atoms with E-state index in [9.17, 15) is 0 Å². The average Bonchev–Trinajstić information content (AvgIpc) is 2.70. The minimum Gasteiger partial charge on any atom is -0.399 e. The van der Waals surface area contributed by atoms with Crippen molar-refractivity contribution < 1.29 is 0 Å². The molecule has 1 aromatic carbocycles. The molecule has 0 radical (unpaired) electrons. The van der Waals surface area contributed by atoms with Crippen molar-refractivity contribution in [3.8, 4) is 11.4 Å². The molecule has 5 nitrogen and oxygen atoms in total. The molecule has 0 spiro atoms. The first-order valence-electron chi connectivity index (χ1n) is 6.05. The van der Waals surface area contributed by atoms with E-state index >= 15 is 0 Å². The Kier molecular flexibility index (Phi) is 2.91. The molecule has 1 heterocycles. The zero-order valence-electron chi connectivity index (χ0n) is 9.88. The van der Waals surface area contributed by atoms with Crippen LogP contribution in [0.25, 0.3) is 11.4 Å². The van der Waals surface area contributed by atoms with E-state index < -0.39 is 0 Å². The third-order valence-corrected chi connectivity index (χ3v) is 3.58. The Morgan fingerprint density at radius 3 is 2.83 bits per heavy atom. The molecular formula is C12H14ClN5. The number of hydrogen-bond acceptors (Lipinski definition) is 4. The molecule has 0 unspecified atom stereocenters. The van der Waals surface area contributed by atoms with Gasteiger partial charge in [0.15, 0.2) is 5.82 Å². The van der Waals surface area contributed by atoms with Crippen LogP contribution in [0.5, 0.6) is 0 Å². The molecule has 1 aromatic heterocycles. The number of benzene rings is 1. The molecular weight excluding hydrogens is 250 g/mol. The molecule has 94 valence electrons. The molecule has 1 aliphatic carbocycles. The standard InChI is InChI=1S/C12H14ClN5/c13-10-4-9(5-11(14)6-10)12-15-16-17-18(12)7-8-2-1-3-8/h4-6,8H,1-3,7,14H2. The number of hydrogen-bond donors (Lipinski definition) is 1. The summed E-state index contributed by atoms with van der Waals surface area (Å²) in [5, 5.41) is 12.5. The summed E-state index contributed by atoms with van der Waals surface area (Å²) in [6.45, 7) is 0.870. The quantitative estimate of drug-likeness (QED) is 0.863. The van der Waals surface area contributed by atoms with Crippen LogP contribution in [0.15, 0.2) is 18.2 Å². The van der Waals surface area contributed by atoms with Crippen LogP contribution in [0.4, 0.5) is 5.69 Å². The van der Waals surface area contributed by atoms with E-state index in [-0.39, 0.29) is 0 Å². The summed E-state index contributed by atoms with van der Waals surface area (Å²) in [4.78, 5) is 0. The monoisotopic (exact) mass is 263 g/mol. The van der Waals surface area contributed by atoms with Crippen molar-refractivity contribution in [1.29, 1.82) is 0 Å². The van der Waals surface area contributed by atoms with Crippen molar-refractivity contribution in [3.63, 3.8) is 0 Å². The highest BCUT2D eigenvalue weighted by Gasteiger charge is 2.20. The van der Waals surface area contributed by atoms with Gasteiger partial charge < -0.3 is 5.73 Å². The fourth-order valence-corrected chi connectivity index (χ4v) is 2.44. The summed E-state index contributed by atoms with van der Waals surface area (Å²) >= 11 is 6.01. The van der Waals surface area contributed by atoms with E-state index in [4.69, 9.17) is 17.3 Å². The fraction of sp³-hybridized carbons (Fsp3) is 0.417. The van der Waals surface area contributed by atoms with Crippen LogP contribution in [0, 0.1) is 5.92 Å². The number of nitrogen functional groups attached to an aromatic ring is 1. The second kappa shape index (κ2) is 4.57. The number of rotatable bonds is 3. The molecule has 0 bridgehead atoms. The largest absolute Gasteiger partial charge is 0.399 e. The van der Waals surface area contributed by atoms with Gasteiger partial charge in [-0.25, -0.2) is 4.68 Å². The average molecular weight is 264 g/mol. The Balaban J connectivity index is 1.92. The van der Waals surface area contributed by atoms with Gasteiger partial charge in [-0.05, 0) is 47.4 Å². The van der Waals surface area contributed by atoms with Gasteiger partial charge in [0.05, 0.1) is 0 Å². The second-order valence-electron chi connectivity index (χ2n) is 4.75. The molecule has 1 saturated carbocycles. The number of anilines is 1. The van der Waals surface area contributed by atoms with E-state index in [0.29, 0.717) is 16.6 Å². The van der Waals surface area contributed by atoms with Crippen LogP contribution in [0.3, 0.4) is 0 Å². The highest BCUT2D eigenvalue weighted by molar-refractivity contribution is 6.31. The number of nitrogens with zero attached hydrogens (tertiary/aromatic N) is 4. The van der Waals surface area contributed by atoms with E-state index in [1.54, 1.807) is 6.07 Å². The SMILES string of the molecule is Nc1cc(Cl)cc(-c2nnnn2CC2CCC2)c1. The van der Waals surface area contributed by atoms with Crippen LogP contribution >= 0.6 is 11.6 Å². The predicted molar refractivity (Wildman–Crippen MR) is 70.0 cm³/mol. The number of aromatic nitrogens is 4. The third-order valence-electron chi connectivity index (χ3n) is 3.37. The van der Waals surface area contributed by atoms with Crippen molar-refractivity contribution in [3.05, 3.63) is 23.2 Å². The smallest absolute Gasteiger partial charge is 0.182 e. The lowest BCUT2D eigenvalue weighted by Gasteiger charge is -2.25. The highest BCUT2D eigenvalue weighted by atomic mass is 35.5. The summed E-state index contributed by atoms with van der Waals surface area (Å²) in [6, 6.07) is 5.39. The van der Waals surface area contributed by atoms with Gasteiger partial charge in [0.25, 0.3) is 0 Å². The lowest BCUT2D eigenvalue weighted by molar-refractivity contribution is 0.265. The first-order valence-corrected chi connectivity index (χ1v) is 6.43. The normalized spacial score (nSPS) is 15.6. The van der Waals surface area contributed by atoms with Crippen molar-refractivity contribution >= 4 is 17.3 Å². The van der Waals surface area contributed by atoms with Crippen LogP contribution < -0.4 is 5.73 Å². The molecule has 0 saturated heterocycles. The molecule has 6 heteroatoms. The zero-order valence-corrected chi connectivity index (χ0v) is 10.6. The van der Waals surface area contributed by atoms with Gasteiger partial charge in [-0.3, -0.25) is 0 Å². The zero-order chi connectivity index (χ0) is 12.5. The number of nitrogens with two attached hydrogens (primary N) is 1. The Hall–Kier alpha value is -1.62. The van der Waals surface area contributed by atoms with Gasteiger partial charge in [-0.15, -0.1) is 5.10 Å². The van der Waals surface area contributed by atoms with Gasteiger partial charge in [0.2, 0.25) is 0 Å². The summed E-state index contributed by atoms with van der Waals surface area (Å²) in [7, 11) is 0. The molecule has 2 N–H and O–H groups in total. The number of tetrazole rings is 1. The lowest BCUT2D eigenvalue weighted by Crippen LogP contribution is -2.19. The Bertz CT molecular complexity index is 541. The molecule has 3 rings (SSSR count). The highest BCUT2D eigenvalue weighted by Crippen LogP contribution is 2.30. The Morgan fingerprint density at radius 1 is 1.33 bits per heavy atom. The first-order chi connectivity index (χ1) is 8.72. The van der Waals surface area contributed by atoms with E-state index in [2.05, 4.69) is 15.5 Å². The fourth-order valence-electron chi connectivity index (χ4n) is 2.20. The maximum atomic E-state index is 6.01. The Morgan fingerprint density at radius 2 is 2.17 bits per heavy atom. The van der Waals surface area contributed by atoms with Gasteiger partial charge in [-0.1, -0.05) is 18.0 Å². The van der Waals surface area contributed by atoms with Gasteiger partial charge in [0, 0.05) is 22.8 Å². The van der Waals surface area contributed by atoms with Crippen molar-refractivity contribution in [1.82, 2.24) is 20.2 Å². The molecule has 0 aliphatic heterocycles. The molecule has 18 heavy (non-hydrogen) atoms. The number of halogens is 1. The van der Waals surface area contributed by atoms with Gasteiger partial charge in [0.1, 0.15) is 0 Å². The van der Waals surface area contributed by atoms with Crippen LogP contribution in [-0.4, -0.2) is 20.2 Å². The van der Waals surface area contributed by atoms with Crippen LogP contribution in [-0.2, 0) is 6.54 Å². The maximum absolute atomic E-state index is 6.01. The van der Waals surface area contributed by atoms with E-state index in [1.165, 1.54) is 19.3 Å². The minimum absolute atomic E-state index is 0.600. The minimum atomic E-state index is 0.600. The molecule has 1 fully saturated rings. The van der Waals surface area contributed by atoms with E-state index in [0.717, 1.165) is 17.9 Å². The maximum Gasteiger partial charge on any atom is 0.182 e. The second-order valence-corrected chi connectivity index (χ2v) is 5.19. The first kappa shape index (κ1) is 11.5. The van der Waals surface area contributed by atoms with Crippen LogP contribution in [0.1, 0.15) is 19.3 Å². The van der Waals surface area contributed by atoms with Gasteiger partial charge in [-0.2, -0.15) is 0 Å². The molecule has 1 aliphatic rings. The van der Waals surface area contributed by atoms with Gasteiger partial charge >= 0.3 is 0 Å². The van der Waals surface area contributed by atoms with Crippen molar-refractivity contribution in [2.75, 3.05) is 5.73 Å². The Labute approximate surface area is 110 Å². The molecule has 0 amide bonds.